The molecule has 0 radical (unpaired) electrons. The smallest absolute Gasteiger partial charge is 0.336 e. The number of aryl methyl sites for hydroxylation is 2. The van der Waals surface area contributed by atoms with E-state index in [-0.39, 0.29) is 30.8 Å². The summed E-state index contributed by atoms with van der Waals surface area (Å²) < 4.78 is 5.31. The average Bonchev–Trinajstić information content (AvgIpc) is 2.95. The molecule has 4 nitrogen and oxygen atoms in total. The van der Waals surface area contributed by atoms with Crippen LogP contribution in [-0.2, 0) is 14.3 Å². The van der Waals surface area contributed by atoms with Crippen molar-refractivity contribution in [2.45, 2.75) is 26.2 Å². The molecule has 2 aromatic rings. The highest BCUT2D eigenvalue weighted by molar-refractivity contribution is 6.06. The molecule has 0 saturated carbocycles. The van der Waals surface area contributed by atoms with E-state index in [2.05, 4.69) is 6.07 Å². The van der Waals surface area contributed by atoms with Gasteiger partial charge in [0.2, 0.25) is 5.91 Å². The minimum atomic E-state index is -0.314. The molecule has 0 aliphatic carbocycles. The Balaban J connectivity index is 1.85. The molecule has 2 aliphatic rings. The Bertz CT molecular complexity index is 878. The van der Waals surface area contributed by atoms with Crippen molar-refractivity contribution in [1.82, 2.24) is 0 Å². The minimum absolute atomic E-state index is 0.00379. The van der Waals surface area contributed by atoms with Crippen LogP contribution in [0.3, 0.4) is 0 Å². The van der Waals surface area contributed by atoms with Gasteiger partial charge < -0.3 is 4.74 Å². The number of rotatable bonds is 2. The molecule has 1 atom stereocenters. The van der Waals surface area contributed by atoms with Crippen LogP contribution >= 0.6 is 0 Å². The van der Waals surface area contributed by atoms with Crippen LogP contribution in [0.25, 0.3) is 0 Å². The Kier molecular flexibility index (Phi) is 3.68. The molecule has 126 valence electrons. The summed E-state index contributed by atoms with van der Waals surface area (Å²) in [6.45, 7) is 4.16. The third-order valence-corrected chi connectivity index (χ3v) is 4.78. The normalized spacial score (nSPS) is 19.9. The van der Waals surface area contributed by atoms with Gasteiger partial charge in [-0.1, -0.05) is 36.4 Å². The Morgan fingerprint density at radius 1 is 1.00 bits per heavy atom. The maximum atomic E-state index is 13.0. The molecule has 25 heavy (non-hydrogen) atoms. The van der Waals surface area contributed by atoms with E-state index in [1.54, 1.807) is 4.90 Å². The average molecular weight is 333 g/mol. The zero-order valence-electron chi connectivity index (χ0n) is 14.3. The number of nitrogens with zero attached hydrogens (tertiary/aromatic N) is 1. The molecule has 4 rings (SSSR count). The number of benzene rings is 2. The first kappa shape index (κ1) is 15.6. The van der Waals surface area contributed by atoms with Crippen molar-refractivity contribution in [2.75, 3.05) is 11.5 Å². The van der Waals surface area contributed by atoms with E-state index < -0.39 is 0 Å². The van der Waals surface area contributed by atoms with Crippen LogP contribution in [0.5, 0.6) is 0 Å². The highest BCUT2D eigenvalue weighted by atomic mass is 16.5. The van der Waals surface area contributed by atoms with Crippen LogP contribution in [0.15, 0.2) is 59.8 Å². The summed E-state index contributed by atoms with van der Waals surface area (Å²) in [5.74, 6) is -0.553. The molecule has 0 fully saturated rings. The van der Waals surface area contributed by atoms with Crippen molar-refractivity contribution >= 4 is 17.6 Å². The molecular weight excluding hydrogens is 314 g/mol. The summed E-state index contributed by atoms with van der Waals surface area (Å²) in [7, 11) is 0. The Hall–Kier alpha value is -2.88. The predicted octanol–water partition coefficient (Wildman–Crippen LogP) is 3.63. The van der Waals surface area contributed by atoms with Gasteiger partial charge >= 0.3 is 5.97 Å². The van der Waals surface area contributed by atoms with E-state index in [1.165, 1.54) is 0 Å². The van der Waals surface area contributed by atoms with Gasteiger partial charge in [0.25, 0.3) is 0 Å². The topological polar surface area (TPSA) is 46.6 Å². The van der Waals surface area contributed by atoms with E-state index in [0.29, 0.717) is 11.3 Å². The summed E-state index contributed by atoms with van der Waals surface area (Å²) in [5.41, 5.74) is 5.24. The van der Waals surface area contributed by atoms with Crippen LogP contribution in [0.4, 0.5) is 5.69 Å². The fourth-order valence-corrected chi connectivity index (χ4v) is 3.80. The van der Waals surface area contributed by atoms with Gasteiger partial charge in [-0.3, -0.25) is 9.69 Å². The number of hydrogen-bond acceptors (Lipinski definition) is 3. The summed E-state index contributed by atoms with van der Waals surface area (Å²) in [6, 6.07) is 15.7. The second-order valence-electron chi connectivity index (χ2n) is 6.68. The van der Waals surface area contributed by atoms with E-state index in [9.17, 15) is 9.59 Å². The summed E-state index contributed by atoms with van der Waals surface area (Å²) in [5, 5.41) is 0. The Labute approximate surface area is 146 Å². The largest absolute Gasteiger partial charge is 0.456 e. The molecule has 0 spiro atoms. The lowest BCUT2D eigenvalue weighted by Crippen LogP contribution is -2.37. The fourth-order valence-electron chi connectivity index (χ4n) is 3.80. The van der Waals surface area contributed by atoms with Crippen LogP contribution in [-0.4, -0.2) is 18.5 Å². The Morgan fingerprint density at radius 2 is 1.68 bits per heavy atom. The summed E-state index contributed by atoms with van der Waals surface area (Å²) >= 11 is 0. The molecule has 2 aliphatic heterocycles. The molecule has 2 aromatic carbocycles. The third-order valence-electron chi connectivity index (χ3n) is 4.78. The summed E-state index contributed by atoms with van der Waals surface area (Å²) in [4.78, 5) is 27.0. The zero-order valence-corrected chi connectivity index (χ0v) is 14.3. The van der Waals surface area contributed by atoms with Crippen molar-refractivity contribution in [3.63, 3.8) is 0 Å². The molecule has 2 heterocycles. The number of ether oxygens (including phenoxy) is 1. The fraction of sp³-hybridized carbons (Fsp3) is 0.238. The van der Waals surface area contributed by atoms with E-state index in [4.69, 9.17) is 4.74 Å². The number of carbonyl (C=O) groups is 2. The van der Waals surface area contributed by atoms with Crippen LogP contribution in [0, 0.1) is 13.8 Å². The number of hydrogen-bond donors (Lipinski definition) is 0. The second kappa shape index (κ2) is 5.88. The van der Waals surface area contributed by atoms with E-state index >= 15 is 0 Å². The maximum Gasteiger partial charge on any atom is 0.336 e. The first-order valence-electron chi connectivity index (χ1n) is 8.41. The molecule has 0 aromatic heterocycles. The van der Waals surface area contributed by atoms with E-state index in [1.807, 2.05) is 56.3 Å². The molecule has 0 bridgehead atoms. The standard InChI is InChI=1S/C21H19NO3/c1-13-8-14(2)10-16(9-13)22-18-12-25-21(24)20(18)17(11-19(22)23)15-6-4-3-5-7-15/h3-10,17H,11-12H2,1-2H3. The number of anilines is 1. The van der Waals surface area contributed by atoms with Gasteiger partial charge in [-0.05, 0) is 42.7 Å². The van der Waals surface area contributed by atoms with E-state index in [0.717, 1.165) is 22.4 Å². The quantitative estimate of drug-likeness (QED) is 0.788. The van der Waals surface area contributed by atoms with Gasteiger partial charge in [0.15, 0.2) is 0 Å². The maximum absolute atomic E-state index is 13.0. The number of esters is 1. The van der Waals surface area contributed by atoms with Crippen LogP contribution < -0.4 is 4.90 Å². The zero-order chi connectivity index (χ0) is 17.6. The third kappa shape index (κ3) is 2.64. The molecule has 1 unspecified atom stereocenters. The summed E-state index contributed by atoms with van der Waals surface area (Å²) in [6.07, 6.45) is 0.269. The number of carbonyl (C=O) groups excluding carboxylic acids is 2. The first-order valence-corrected chi connectivity index (χ1v) is 8.41. The highest BCUT2D eigenvalue weighted by Gasteiger charge is 2.42. The van der Waals surface area contributed by atoms with Crippen molar-refractivity contribution in [3.8, 4) is 0 Å². The molecular formula is C21H19NO3. The van der Waals surface area contributed by atoms with Crippen molar-refractivity contribution in [1.29, 1.82) is 0 Å². The predicted molar refractivity (Wildman–Crippen MR) is 95.2 cm³/mol. The van der Waals surface area contributed by atoms with Gasteiger partial charge in [0.05, 0.1) is 11.3 Å². The molecule has 1 amide bonds. The van der Waals surface area contributed by atoms with Crippen molar-refractivity contribution < 1.29 is 14.3 Å². The van der Waals surface area contributed by atoms with Crippen molar-refractivity contribution in [3.05, 3.63) is 76.5 Å². The first-order chi connectivity index (χ1) is 12.0. The second-order valence-corrected chi connectivity index (χ2v) is 6.68. The van der Waals surface area contributed by atoms with Gasteiger partial charge in [0.1, 0.15) is 6.61 Å². The molecule has 4 heteroatoms. The number of cyclic esters (lactones) is 1. The number of amides is 1. The molecule has 0 saturated heterocycles. The lowest BCUT2D eigenvalue weighted by molar-refractivity contribution is -0.136. The SMILES string of the molecule is Cc1cc(C)cc(N2C(=O)CC(c3ccccc3)C3=C2COC3=O)c1. The lowest BCUT2D eigenvalue weighted by atomic mass is 9.84. The molecule has 0 N–H and O–H groups in total. The lowest BCUT2D eigenvalue weighted by Gasteiger charge is -2.32. The Morgan fingerprint density at radius 3 is 2.36 bits per heavy atom. The van der Waals surface area contributed by atoms with Crippen LogP contribution in [0.2, 0.25) is 0 Å². The van der Waals surface area contributed by atoms with Gasteiger partial charge in [-0.2, -0.15) is 0 Å². The van der Waals surface area contributed by atoms with Gasteiger partial charge in [-0.25, -0.2) is 4.79 Å². The van der Waals surface area contributed by atoms with Crippen molar-refractivity contribution in [2.24, 2.45) is 0 Å². The van der Waals surface area contributed by atoms with Crippen LogP contribution in [0.1, 0.15) is 29.0 Å². The minimum Gasteiger partial charge on any atom is -0.456 e. The highest BCUT2D eigenvalue weighted by Crippen LogP contribution is 2.42. The van der Waals surface area contributed by atoms with Gasteiger partial charge in [-0.15, -0.1) is 0 Å². The monoisotopic (exact) mass is 333 g/mol. The van der Waals surface area contributed by atoms with Gasteiger partial charge in [0, 0.05) is 18.0 Å².